The number of aromatic nitrogens is 1. The number of carbonyl (C=O) groups is 1. The summed E-state index contributed by atoms with van der Waals surface area (Å²) in [6.07, 6.45) is 0.0759. The molecule has 1 aliphatic rings. The fourth-order valence-electron chi connectivity index (χ4n) is 2.66. The Morgan fingerprint density at radius 3 is 3.00 bits per heavy atom. The minimum atomic E-state index is -0.0348. The molecule has 3 rings (SSSR count). The number of nitrogens with one attached hydrogen (secondary N) is 1. The first kappa shape index (κ1) is 13.8. The fraction of sp³-hybridized carbons (Fsp3) is 0.375. The highest BCUT2D eigenvalue weighted by Crippen LogP contribution is 2.23. The summed E-state index contributed by atoms with van der Waals surface area (Å²) >= 11 is 0. The van der Waals surface area contributed by atoms with Gasteiger partial charge in [-0.25, -0.2) is 4.98 Å². The van der Waals surface area contributed by atoms with Crippen LogP contribution >= 0.6 is 0 Å². The van der Waals surface area contributed by atoms with Crippen molar-refractivity contribution in [3.05, 3.63) is 36.0 Å². The third-order valence-corrected chi connectivity index (χ3v) is 3.73. The highest BCUT2D eigenvalue weighted by Gasteiger charge is 2.24. The van der Waals surface area contributed by atoms with Crippen LogP contribution in [0.4, 0.5) is 5.69 Å². The molecular formula is C16H19N3O2. The van der Waals surface area contributed by atoms with Crippen LogP contribution in [-0.2, 0) is 4.74 Å². The molecule has 1 amide bonds. The average molecular weight is 285 g/mol. The lowest BCUT2D eigenvalue weighted by Gasteiger charge is -2.31. The summed E-state index contributed by atoms with van der Waals surface area (Å²) in [5, 5.41) is 4.16. The third-order valence-electron chi connectivity index (χ3n) is 3.73. The minimum Gasteiger partial charge on any atom is -0.388 e. The predicted molar refractivity (Wildman–Crippen MR) is 82.6 cm³/mol. The topological polar surface area (TPSA) is 54.5 Å². The highest BCUT2D eigenvalue weighted by atomic mass is 16.5. The maximum atomic E-state index is 12.6. The molecule has 1 N–H and O–H groups in total. The second-order valence-electron chi connectivity index (χ2n) is 5.25. The van der Waals surface area contributed by atoms with Gasteiger partial charge in [0.05, 0.1) is 18.2 Å². The average Bonchev–Trinajstić information content (AvgIpc) is 2.53. The van der Waals surface area contributed by atoms with Crippen molar-refractivity contribution in [1.82, 2.24) is 9.88 Å². The van der Waals surface area contributed by atoms with Crippen molar-refractivity contribution in [2.24, 2.45) is 0 Å². The molecule has 1 fully saturated rings. The van der Waals surface area contributed by atoms with Crippen LogP contribution in [0.1, 0.15) is 17.4 Å². The van der Waals surface area contributed by atoms with Crippen LogP contribution < -0.4 is 5.32 Å². The Bertz CT molecular complexity index is 672. The van der Waals surface area contributed by atoms with Crippen LogP contribution in [0.15, 0.2) is 30.3 Å². The van der Waals surface area contributed by atoms with Crippen molar-refractivity contribution < 1.29 is 9.53 Å². The van der Waals surface area contributed by atoms with E-state index in [1.54, 1.807) is 0 Å². The molecule has 21 heavy (non-hydrogen) atoms. The van der Waals surface area contributed by atoms with E-state index in [1.807, 2.05) is 49.2 Å². The van der Waals surface area contributed by atoms with Gasteiger partial charge in [-0.05, 0) is 19.1 Å². The summed E-state index contributed by atoms with van der Waals surface area (Å²) in [7, 11) is 1.85. The summed E-state index contributed by atoms with van der Waals surface area (Å²) in [4.78, 5) is 19.0. The second kappa shape index (κ2) is 5.69. The predicted octanol–water partition coefficient (Wildman–Crippen LogP) is 2.14. The smallest absolute Gasteiger partial charge is 0.272 e. The van der Waals surface area contributed by atoms with Gasteiger partial charge < -0.3 is 15.0 Å². The first-order valence-electron chi connectivity index (χ1n) is 7.17. The van der Waals surface area contributed by atoms with Crippen molar-refractivity contribution in [2.75, 3.05) is 32.1 Å². The van der Waals surface area contributed by atoms with E-state index in [2.05, 4.69) is 10.3 Å². The second-order valence-corrected chi connectivity index (χ2v) is 5.25. The van der Waals surface area contributed by atoms with E-state index in [0.717, 1.165) is 16.6 Å². The van der Waals surface area contributed by atoms with Gasteiger partial charge >= 0.3 is 0 Å². The molecule has 0 radical (unpaired) electrons. The number of pyridine rings is 1. The monoisotopic (exact) mass is 285 g/mol. The summed E-state index contributed by atoms with van der Waals surface area (Å²) in [6, 6.07) is 9.65. The molecule has 1 aromatic carbocycles. The molecule has 1 atom stereocenters. The third kappa shape index (κ3) is 2.69. The SMILES string of the molecule is CNc1cc(C(=O)N2CCOC(C)C2)nc2ccccc12. The normalized spacial score (nSPS) is 18.8. The van der Waals surface area contributed by atoms with Crippen molar-refractivity contribution >= 4 is 22.5 Å². The van der Waals surface area contributed by atoms with Crippen LogP contribution in [0.25, 0.3) is 10.9 Å². The van der Waals surface area contributed by atoms with E-state index in [-0.39, 0.29) is 12.0 Å². The molecule has 1 unspecified atom stereocenters. The molecule has 2 aromatic rings. The molecule has 0 spiro atoms. The number of fused-ring (bicyclic) bond motifs is 1. The molecule has 0 aliphatic carbocycles. The Hall–Kier alpha value is -2.14. The molecule has 1 saturated heterocycles. The van der Waals surface area contributed by atoms with Crippen LogP contribution in [0, 0.1) is 0 Å². The number of anilines is 1. The van der Waals surface area contributed by atoms with Gasteiger partial charge in [0.15, 0.2) is 0 Å². The van der Waals surface area contributed by atoms with E-state index in [0.29, 0.717) is 25.4 Å². The zero-order chi connectivity index (χ0) is 14.8. The van der Waals surface area contributed by atoms with Crippen LogP contribution in [0.3, 0.4) is 0 Å². The number of nitrogens with zero attached hydrogens (tertiary/aromatic N) is 2. The summed E-state index contributed by atoms with van der Waals surface area (Å²) < 4.78 is 5.48. The lowest BCUT2D eigenvalue weighted by Crippen LogP contribution is -2.44. The number of amides is 1. The number of rotatable bonds is 2. The highest BCUT2D eigenvalue weighted by molar-refractivity contribution is 5.99. The Labute approximate surface area is 123 Å². The van der Waals surface area contributed by atoms with E-state index >= 15 is 0 Å². The van der Waals surface area contributed by atoms with E-state index in [4.69, 9.17) is 4.74 Å². The summed E-state index contributed by atoms with van der Waals surface area (Å²) in [5.41, 5.74) is 2.23. The Morgan fingerprint density at radius 2 is 2.24 bits per heavy atom. The Kier molecular flexibility index (Phi) is 3.75. The summed E-state index contributed by atoms with van der Waals surface area (Å²) in [5.74, 6) is -0.0348. The summed E-state index contributed by atoms with van der Waals surface area (Å²) in [6.45, 7) is 3.79. The molecule has 1 aliphatic heterocycles. The standard InChI is InChI=1S/C16H19N3O2/c1-11-10-19(7-8-21-11)16(20)15-9-14(17-2)12-5-3-4-6-13(12)18-15/h3-6,9,11H,7-8,10H2,1-2H3,(H,17,18). The zero-order valence-electron chi connectivity index (χ0n) is 12.3. The van der Waals surface area contributed by atoms with Gasteiger partial charge in [-0.15, -0.1) is 0 Å². The number of benzene rings is 1. The Morgan fingerprint density at radius 1 is 1.43 bits per heavy atom. The molecule has 0 bridgehead atoms. The number of hydrogen-bond acceptors (Lipinski definition) is 4. The molecule has 5 nitrogen and oxygen atoms in total. The lowest BCUT2D eigenvalue weighted by atomic mass is 10.1. The number of morpholine rings is 1. The molecular weight excluding hydrogens is 266 g/mol. The van der Waals surface area contributed by atoms with E-state index in [9.17, 15) is 4.79 Å². The first-order chi connectivity index (χ1) is 10.2. The molecule has 0 saturated carbocycles. The largest absolute Gasteiger partial charge is 0.388 e. The molecule has 110 valence electrons. The van der Waals surface area contributed by atoms with Crippen molar-refractivity contribution in [3.63, 3.8) is 0 Å². The maximum Gasteiger partial charge on any atom is 0.272 e. The Balaban J connectivity index is 1.98. The number of ether oxygens (including phenoxy) is 1. The first-order valence-corrected chi connectivity index (χ1v) is 7.17. The van der Waals surface area contributed by atoms with E-state index < -0.39 is 0 Å². The zero-order valence-corrected chi connectivity index (χ0v) is 12.3. The van der Waals surface area contributed by atoms with Gasteiger partial charge in [0, 0.05) is 31.2 Å². The minimum absolute atomic E-state index is 0.0348. The van der Waals surface area contributed by atoms with E-state index in [1.165, 1.54) is 0 Å². The molecule has 5 heteroatoms. The van der Waals surface area contributed by atoms with Gasteiger partial charge in [0.25, 0.3) is 5.91 Å². The molecule has 2 heterocycles. The van der Waals surface area contributed by atoms with Gasteiger partial charge in [0.2, 0.25) is 0 Å². The molecule has 1 aromatic heterocycles. The van der Waals surface area contributed by atoms with Crippen LogP contribution in [0.5, 0.6) is 0 Å². The quantitative estimate of drug-likeness (QED) is 0.918. The lowest BCUT2D eigenvalue weighted by molar-refractivity contribution is -0.0126. The van der Waals surface area contributed by atoms with Crippen molar-refractivity contribution in [2.45, 2.75) is 13.0 Å². The van der Waals surface area contributed by atoms with Gasteiger partial charge in [-0.2, -0.15) is 0 Å². The van der Waals surface area contributed by atoms with Crippen molar-refractivity contribution in [3.8, 4) is 0 Å². The number of carbonyl (C=O) groups excluding carboxylic acids is 1. The van der Waals surface area contributed by atoms with Gasteiger partial charge in [-0.1, -0.05) is 18.2 Å². The maximum absolute atomic E-state index is 12.6. The number of para-hydroxylation sites is 1. The fourth-order valence-corrected chi connectivity index (χ4v) is 2.66. The van der Waals surface area contributed by atoms with Crippen LogP contribution in [0.2, 0.25) is 0 Å². The van der Waals surface area contributed by atoms with Gasteiger partial charge in [0.1, 0.15) is 5.69 Å². The number of hydrogen-bond donors (Lipinski definition) is 1. The van der Waals surface area contributed by atoms with Crippen LogP contribution in [-0.4, -0.2) is 48.6 Å². The van der Waals surface area contributed by atoms with Crippen molar-refractivity contribution in [1.29, 1.82) is 0 Å². The van der Waals surface area contributed by atoms with Gasteiger partial charge in [-0.3, -0.25) is 4.79 Å².